The predicted molar refractivity (Wildman–Crippen MR) is 33.7 cm³/mol. The summed E-state index contributed by atoms with van der Waals surface area (Å²) in [6.45, 7) is 0. The molecule has 0 amide bonds. The summed E-state index contributed by atoms with van der Waals surface area (Å²) in [7, 11) is -6.17. The van der Waals surface area contributed by atoms with Gasteiger partial charge in [-0.15, -0.1) is 0 Å². The molecule has 0 aromatic rings. The van der Waals surface area contributed by atoms with Crippen molar-refractivity contribution >= 4 is 0 Å². The van der Waals surface area contributed by atoms with Crippen molar-refractivity contribution in [1.29, 1.82) is 31.6 Å². The molecular weight excluding hydrogens is 437 g/mol. The van der Waals surface area contributed by atoms with Crippen LogP contribution in [-0.2, 0) is 65.3 Å². The molecule has 0 N–H and O–H groups in total. The zero-order valence-corrected chi connectivity index (χ0v) is 16.6. The smallest absolute Gasteiger partial charge is 2.00 e. The fraction of sp³-hybridized carbons (Fsp3) is 0. The van der Waals surface area contributed by atoms with Gasteiger partial charge in [0.1, 0.15) is 0 Å². The van der Waals surface area contributed by atoms with Crippen molar-refractivity contribution in [2.75, 3.05) is 0 Å². The molecule has 0 spiro atoms. The van der Waals surface area contributed by atoms with Crippen LogP contribution in [0.25, 0.3) is 0 Å². The normalized spacial score (nSPS) is 11.6. The Hall–Kier alpha value is -0.696. The second kappa shape index (κ2) is 4.89. The minimum atomic E-state index is -6.17. The maximum absolute atomic E-state index is 8.58. The molecule has 15 heavy (non-hydrogen) atoms. The first-order valence-electron chi connectivity index (χ1n) is 2.40. The van der Waals surface area contributed by atoms with E-state index in [1.807, 2.05) is 0 Å². The average molecular weight is 437 g/mol. The fourth-order valence-electron chi connectivity index (χ4n) is 0.265. The summed E-state index contributed by atoms with van der Waals surface area (Å²) in [5.41, 5.74) is 0. The van der Waals surface area contributed by atoms with Crippen LogP contribution in [0.5, 0.6) is 0 Å². The third-order valence-electron chi connectivity index (χ3n) is 1.19. The van der Waals surface area contributed by atoms with Gasteiger partial charge >= 0.3 is 127 Å². The number of rotatable bonds is 0. The predicted octanol–water partition coefficient (Wildman–Crippen LogP) is 0.0932. The van der Waals surface area contributed by atoms with Gasteiger partial charge in [-0.25, -0.2) is 0 Å². The molecule has 0 saturated carbocycles. The maximum atomic E-state index is 8.58. The number of hydrogen-bond acceptors (Lipinski definition) is 6. The van der Waals surface area contributed by atoms with Crippen LogP contribution in [-0.4, -0.2) is 0 Å². The van der Waals surface area contributed by atoms with Crippen LogP contribution in [0.1, 0.15) is 0 Å². The molecule has 0 unspecified atom stereocenters. The monoisotopic (exact) mass is 440 g/mol. The SMILES string of the molecule is N#[C][Fe-4]([C]#N)([C]#N)([C]#N)([C]#N)[C]#N.[Cd+2].[Cd+2]. The van der Waals surface area contributed by atoms with Gasteiger partial charge in [-0.1, -0.05) is 0 Å². The van der Waals surface area contributed by atoms with Gasteiger partial charge in [-0.2, -0.15) is 0 Å². The van der Waals surface area contributed by atoms with E-state index in [1.54, 1.807) is 0 Å². The Bertz CT molecular complexity index is 395. The van der Waals surface area contributed by atoms with E-state index in [-0.39, 0.29) is 54.6 Å². The molecule has 0 bridgehead atoms. The quantitative estimate of drug-likeness (QED) is 0.492. The van der Waals surface area contributed by atoms with E-state index in [4.69, 9.17) is 31.6 Å². The van der Waals surface area contributed by atoms with Crippen LogP contribution in [0.4, 0.5) is 0 Å². The number of hydrogen-bond donors (Lipinski definition) is 0. The van der Waals surface area contributed by atoms with Crippen LogP contribution in [0.15, 0.2) is 0 Å². The molecular formula is C6Cd2FeN6. The van der Waals surface area contributed by atoms with E-state index in [1.165, 1.54) is 0 Å². The first kappa shape index (κ1) is 19.8. The molecule has 6 nitrogen and oxygen atoms in total. The first-order chi connectivity index (χ1) is 5.97. The van der Waals surface area contributed by atoms with Crippen molar-refractivity contribution in [2.24, 2.45) is 0 Å². The van der Waals surface area contributed by atoms with Crippen LogP contribution in [0.3, 0.4) is 0 Å². The Morgan fingerprint density at radius 2 is 0.600 bits per heavy atom. The zero-order chi connectivity index (χ0) is 10.7. The van der Waals surface area contributed by atoms with Gasteiger partial charge in [0.15, 0.2) is 0 Å². The summed E-state index contributed by atoms with van der Waals surface area (Å²) in [6, 6.07) is 0. The zero-order valence-electron chi connectivity index (χ0n) is 7.45. The molecule has 0 fully saturated rings. The topological polar surface area (TPSA) is 143 Å². The Morgan fingerprint density at radius 3 is 0.600 bits per heavy atom. The van der Waals surface area contributed by atoms with E-state index in [0.717, 1.165) is 29.8 Å². The van der Waals surface area contributed by atoms with Crippen molar-refractivity contribution in [2.45, 2.75) is 0 Å². The first-order valence-corrected chi connectivity index (χ1v) is 5.71. The van der Waals surface area contributed by atoms with Crippen molar-refractivity contribution in [3.8, 4) is 29.8 Å². The van der Waals surface area contributed by atoms with Crippen molar-refractivity contribution < 1.29 is 65.3 Å². The molecule has 0 rings (SSSR count). The standard InChI is InChI=1S/6CN.2Cd.Fe/c6*1-2;;;/q;;;;;;2*+2;-4. The molecule has 66 valence electrons. The van der Waals surface area contributed by atoms with Crippen molar-refractivity contribution in [3.05, 3.63) is 0 Å². The van der Waals surface area contributed by atoms with E-state index in [2.05, 4.69) is 0 Å². The van der Waals surface area contributed by atoms with Crippen LogP contribution in [0.2, 0.25) is 0 Å². The molecule has 9 heteroatoms. The number of nitrogens with zero attached hydrogens (tertiary/aromatic N) is 6. The van der Waals surface area contributed by atoms with E-state index in [0.29, 0.717) is 0 Å². The summed E-state index contributed by atoms with van der Waals surface area (Å²) in [4.78, 5) is 6.19. The van der Waals surface area contributed by atoms with Crippen molar-refractivity contribution in [1.82, 2.24) is 0 Å². The molecule has 0 aromatic heterocycles. The van der Waals surface area contributed by atoms with Gasteiger partial charge in [0.05, 0.1) is 0 Å². The maximum Gasteiger partial charge on any atom is 2.00 e. The van der Waals surface area contributed by atoms with E-state index in [9.17, 15) is 0 Å². The third-order valence-corrected chi connectivity index (χ3v) is 4.89. The molecule has 0 aromatic carbocycles. The Balaban J connectivity index is -0.000000720. The number of nitriles is 6. The van der Waals surface area contributed by atoms with E-state index >= 15 is 0 Å². The second-order valence-corrected chi connectivity index (χ2v) is 7.42. The molecule has 0 aliphatic rings. The Morgan fingerprint density at radius 1 is 0.467 bits per heavy atom. The largest absolute Gasteiger partial charge is 2.00 e. The minimum absolute atomic E-state index is 0. The molecule has 0 aliphatic heterocycles. The Labute approximate surface area is 125 Å². The van der Waals surface area contributed by atoms with E-state index < -0.39 is 10.7 Å². The summed E-state index contributed by atoms with van der Waals surface area (Å²) in [5.74, 6) is 0. The summed E-state index contributed by atoms with van der Waals surface area (Å²) < 4.78 is 0. The van der Waals surface area contributed by atoms with Crippen molar-refractivity contribution in [3.63, 3.8) is 0 Å². The van der Waals surface area contributed by atoms with Gasteiger partial charge in [-0.3, -0.25) is 0 Å². The molecule has 0 radical (unpaired) electrons. The molecule has 0 aliphatic carbocycles. The molecule has 0 heterocycles. The summed E-state index contributed by atoms with van der Waals surface area (Å²) in [6.07, 6.45) is 0. The van der Waals surface area contributed by atoms with Gasteiger partial charge < -0.3 is 0 Å². The van der Waals surface area contributed by atoms with Gasteiger partial charge in [0.2, 0.25) is 0 Å². The summed E-state index contributed by atoms with van der Waals surface area (Å²) in [5, 5.41) is 51.5. The van der Waals surface area contributed by atoms with Crippen LogP contribution >= 0.6 is 0 Å². The average Bonchev–Trinajstić information content (AvgIpc) is 2.26. The van der Waals surface area contributed by atoms with Gasteiger partial charge in [0.25, 0.3) is 0 Å². The second-order valence-electron chi connectivity index (χ2n) is 1.80. The minimum Gasteiger partial charge on any atom is 2.00 e. The third kappa shape index (κ3) is 1.98. The molecule has 0 atom stereocenters. The van der Waals surface area contributed by atoms with Crippen LogP contribution in [0, 0.1) is 61.4 Å². The van der Waals surface area contributed by atoms with Gasteiger partial charge in [-0.05, 0) is 0 Å². The Kier molecular flexibility index (Phi) is 6.45. The summed E-state index contributed by atoms with van der Waals surface area (Å²) >= 11 is 0. The fourth-order valence-corrected chi connectivity index (χ4v) is 1.09. The van der Waals surface area contributed by atoms with Crippen LogP contribution < -0.4 is 0 Å². The van der Waals surface area contributed by atoms with Gasteiger partial charge in [0, 0.05) is 0 Å². The molecule has 0 saturated heterocycles.